The lowest BCUT2D eigenvalue weighted by atomic mass is 9.81. The Hall–Kier alpha value is -6.63. The van der Waals surface area contributed by atoms with Gasteiger partial charge in [-0.2, -0.15) is 13.2 Å². The molecule has 15 nitrogen and oxygen atoms in total. The number of benzene rings is 2. The van der Waals surface area contributed by atoms with E-state index < -0.39 is 30.1 Å². The van der Waals surface area contributed by atoms with Crippen molar-refractivity contribution in [2.24, 2.45) is 23.7 Å². The summed E-state index contributed by atoms with van der Waals surface area (Å²) in [5, 5.41) is 12.6. The lowest BCUT2D eigenvalue weighted by Gasteiger charge is -2.35. The summed E-state index contributed by atoms with van der Waals surface area (Å²) in [6.07, 6.45) is 9.04. The van der Waals surface area contributed by atoms with Crippen LogP contribution in [0.4, 0.5) is 23.3 Å². The van der Waals surface area contributed by atoms with E-state index in [1.807, 2.05) is 68.5 Å². The summed E-state index contributed by atoms with van der Waals surface area (Å²) >= 11 is 1.12. The summed E-state index contributed by atoms with van der Waals surface area (Å²) in [7, 11) is 3.15. The fraction of sp³-hybridized carbons (Fsp3) is 0.509. The number of thiazole rings is 1. The van der Waals surface area contributed by atoms with Crippen LogP contribution in [-0.4, -0.2) is 101 Å². The Morgan fingerprint density at radius 3 is 2.36 bits per heavy atom. The van der Waals surface area contributed by atoms with Gasteiger partial charge < -0.3 is 35.8 Å². The number of alkyl halides is 3. The molecule has 0 spiro atoms. The molecule has 0 bridgehead atoms. The highest BCUT2D eigenvalue weighted by atomic mass is 32.1. The Labute approximate surface area is 447 Å². The van der Waals surface area contributed by atoms with E-state index in [1.165, 1.54) is 13.3 Å². The van der Waals surface area contributed by atoms with Gasteiger partial charge in [-0.05, 0) is 93.2 Å². The summed E-state index contributed by atoms with van der Waals surface area (Å²) in [6, 6.07) is 16.7. The highest BCUT2D eigenvalue weighted by molar-refractivity contribution is 7.20. The second kappa shape index (κ2) is 26.9. The second-order valence-electron chi connectivity index (χ2n) is 20.4. The normalized spacial score (nSPS) is 18.9. The van der Waals surface area contributed by atoms with Crippen LogP contribution in [0.5, 0.6) is 5.75 Å². The third-order valence-electron chi connectivity index (χ3n) is 15.0. The predicted molar refractivity (Wildman–Crippen MR) is 287 cm³/mol. The number of nitrogens with one attached hydrogen (secondary N) is 4. The van der Waals surface area contributed by atoms with Crippen molar-refractivity contribution < 1.29 is 46.7 Å². The summed E-state index contributed by atoms with van der Waals surface area (Å²) in [6.45, 7) is 4.67. The Bertz CT molecular complexity index is 2690. The Kier molecular flexibility index (Phi) is 20.2. The van der Waals surface area contributed by atoms with Gasteiger partial charge in [0, 0.05) is 50.1 Å². The number of rotatable bonds is 21. The molecule has 2 aliphatic carbocycles. The maximum Gasteiger partial charge on any atom is 0.391 e. The Morgan fingerprint density at radius 2 is 1.64 bits per heavy atom. The minimum atomic E-state index is -4.18. The van der Waals surface area contributed by atoms with Gasteiger partial charge in [-0.1, -0.05) is 111 Å². The van der Waals surface area contributed by atoms with E-state index in [1.54, 1.807) is 35.1 Å². The second-order valence-corrected chi connectivity index (χ2v) is 21.4. The number of likely N-dealkylation sites (tertiary alicyclic amines) is 1. The molecular formula is C57H71F3N8O7S. The zero-order valence-corrected chi connectivity index (χ0v) is 44.7. The maximum absolute atomic E-state index is 14.3. The van der Waals surface area contributed by atoms with Crippen molar-refractivity contribution in [1.29, 1.82) is 0 Å². The molecule has 19 heteroatoms. The highest BCUT2D eigenvalue weighted by Crippen LogP contribution is 2.41. The predicted octanol–water partition coefficient (Wildman–Crippen LogP) is 9.99. The number of nitrogens with zero attached hydrogens (tertiary/aromatic N) is 4. The van der Waals surface area contributed by atoms with E-state index in [4.69, 9.17) is 9.72 Å². The zero-order valence-electron chi connectivity index (χ0n) is 43.9. The van der Waals surface area contributed by atoms with Gasteiger partial charge in [0.1, 0.15) is 34.2 Å². The van der Waals surface area contributed by atoms with Gasteiger partial charge in [-0.15, -0.1) is 0 Å². The molecule has 4 N–H and O–H groups in total. The van der Waals surface area contributed by atoms with Crippen LogP contribution in [0.3, 0.4) is 0 Å². The average molecular weight is 1070 g/mol. The van der Waals surface area contributed by atoms with E-state index >= 15 is 0 Å². The molecule has 3 atom stereocenters. The number of amides is 6. The number of halogens is 3. The number of hydrogen-bond donors (Lipinski definition) is 4. The molecule has 2 aromatic carbocycles. The van der Waals surface area contributed by atoms with Crippen molar-refractivity contribution in [3.05, 3.63) is 95.3 Å². The van der Waals surface area contributed by atoms with Crippen molar-refractivity contribution in [2.75, 3.05) is 37.9 Å². The SMILES string of the molecule is CC[C@@H](C)C(=O)N[C@H](C(=O)N1CCC[C@H]1C(=O)Nc1sc(NC(=O)CCCN(C)C(=O)Cc2cccc(CNC(=O)c3cc(/C=C/[C@H]4CC[C@H](C(F)(F)F)CC4)c(OC)cn3)c2)nc1-c1ccccc1)C1CCCCC1. The topological polar surface area (TPSA) is 192 Å². The van der Waals surface area contributed by atoms with Crippen molar-refractivity contribution in [2.45, 2.75) is 135 Å². The molecule has 6 amide bonds. The van der Waals surface area contributed by atoms with Crippen molar-refractivity contribution in [3.63, 3.8) is 0 Å². The van der Waals surface area contributed by atoms with Gasteiger partial charge >= 0.3 is 6.18 Å². The number of allylic oxidation sites excluding steroid dienone is 1. The first kappa shape index (κ1) is 57.1. The zero-order chi connectivity index (χ0) is 54.4. The van der Waals surface area contributed by atoms with Crippen LogP contribution in [0.2, 0.25) is 0 Å². The third kappa shape index (κ3) is 15.5. The lowest BCUT2D eigenvalue weighted by Crippen LogP contribution is -2.56. The first-order valence-electron chi connectivity index (χ1n) is 26.7. The number of likely N-dealkylation sites (N-methyl/N-ethyl adjacent to an activating group) is 1. The van der Waals surface area contributed by atoms with Gasteiger partial charge in [0.25, 0.3) is 5.91 Å². The Balaban J connectivity index is 0.893. The fourth-order valence-corrected chi connectivity index (χ4v) is 11.1. The van der Waals surface area contributed by atoms with E-state index in [0.717, 1.165) is 60.1 Å². The Morgan fingerprint density at radius 1 is 0.908 bits per heavy atom. The smallest absolute Gasteiger partial charge is 0.391 e. The quantitative estimate of drug-likeness (QED) is 0.0629. The maximum atomic E-state index is 14.3. The average Bonchev–Trinajstić information content (AvgIpc) is 4.09. The number of carbonyl (C=O) groups excluding carboxylic acids is 6. The molecule has 408 valence electrons. The molecule has 2 aromatic heterocycles. The molecular weight excluding hydrogens is 998 g/mol. The summed E-state index contributed by atoms with van der Waals surface area (Å²) in [4.78, 5) is 93.6. The molecule has 3 fully saturated rings. The van der Waals surface area contributed by atoms with E-state index in [2.05, 4.69) is 26.3 Å². The molecule has 1 aliphatic heterocycles. The number of hydrogen-bond acceptors (Lipinski definition) is 10. The summed E-state index contributed by atoms with van der Waals surface area (Å²) in [5.74, 6) is -2.71. The monoisotopic (exact) mass is 1070 g/mol. The van der Waals surface area contributed by atoms with Crippen molar-refractivity contribution >= 4 is 63.0 Å². The number of anilines is 2. The molecule has 0 unspecified atom stereocenters. The van der Waals surface area contributed by atoms with Crippen LogP contribution in [0, 0.1) is 23.7 Å². The number of pyridine rings is 1. The van der Waals surface area contributed by atoms with Gasteiger partial charge in [0.15, 0.2) is 5.13 Å². The number of carbonyl (C=O) groups is 6. The van der Waals surface area contributed by atoms with E-state index in [9.17, 15) is 41.9 Å². The minimum Gasteiger partial charge on any atom is -0.495 e. The summed E-state index contributed by atoms with van der Waals surface area (Å²) in [5.41, 5.74) is 3.44. The standard InChI is InChI=1S/C57H71F3N8O7S/c1-5-36(2)51(71)64-50(41-19-10-7-11-20-41)55(74)68-30-13-21-45(68)53(73)66-54-49(40-17-8-6-9-18-40)65-56(76-54)63-47(69)22-14-29-67(3)48(70)32-38-15-12-16-39(31-38)34-62-52(72)44-33-42(46(75-4)35-61-44)26-23-37-24-27-43(28-25-37)57(58,59)60/h6,8-9,12,15-18,23,26,31,33,35-37,41,43,45,50H,5,7,10-11,13-14,19-22,24-25,27-30,32,34H2,1-4H3,(H,62,72)(H,64,71)(H,66,73)(H,63,65,69)/b26-23+/t36-,37-,43-,45+,50+/m1/s1. The molecule has 3 heterocycles. The number of methoxy groups -OCH3 is 1. The lowest BCUT2D eigenvalue weighted by molar-refractivity contribution is -0.183. The third-order valence-corrected chi connectivity index (χ3v) is 15.9. The first-order valence-corrected chi connectivity index (χ1v) is 27.5. The molecule has 7 rings (SSSR count). The number of aromatic nitrogens is 2. The van der Waals surface area contributed by atoms with Gasteiger partial charge in [0.05, 0.1) is 25.6 Å². The minimum absolute atomic E-state index is 0.00820. The fourth-order valence-electron chi connectivity index (χ4n) is 10.2. The molecule has 76 heavy (non-hydrogen) atoms. The largest absolute Gasteiger partial charge is 0.495 e. The van der Waals surface area contributed by atoms with Gasteiger partial charge in [0.2, 0.25) is 29.5 Å². The van der Waals surface area contributed by atoms with Gasteiger partial charge in [-0.3, -0.25) is 28.8 Å². The summed E-state index contributed by atoms with van der Waals surface area (Å²) < 4.78 is 44.9. The molecule has 2 saturated carbocycles. The molecule has 1 saturated heterocycles. The highest BCUT2D eigenvalue weighted by Gasteiger charge is 2.42. The van der Waals surface area contributed by atoms with Crippen LogP contribution in [0.1, 0.15) is 131 Å². The van der Waals surface area contributed by atoms with Crippen LogP contribution < -0.4 is 26.0 Å². The van der Waals surface area contributed by atoms with Crippen molar-refractivity contribution in [3.8, 4) is 17.0 Å². The molecule has 3 aliphatic rings. The van der Waals surface area contributed by atoms with Crippen LogP contribution in [0.15, 0.2) is 72.9 Å². The van der Waals surface area contributed by atoms with Crippen LogP contribution >= 0.6 is 11.3 Å². The molecule has 4 aromatic rings. The van der Waals surface area contributed by atoms with Crippen LogP contribution in [0.25, 0.3) is 17.3 Å². The van der Waals surface area contributed by atoms with E-state index in [0.29, 0.717) is 73.6 Å². The first-order chi connectivity index (χ1) is 36.5. The van der Waals surface area contributed by atoms with Gasteiger partial charge in [-0.25, -0.2) is 9.97 Å². The van der Waals surface area contributed by atoms with Crippen LogP contribution in [-0.2, 0) is 36.9 Å². The van der Waals surface area contributed by atoms with Crippen molar-refractivity contribution in [1.82, 2.24) is 30.4 Å². The molecule has 0 radical (unpaired) electrons. The van der Waals surface area contributed by atoms with E-state index in [-0.39, 0.29) is 90.3 Å². The number of ether oxygens (including phenoxy) is 1.